The van der Waals surface area contributed by atoms with E-state index in [1.54, 1.807) is 17.8 Å². The highest BCUT2D eigenvalue weighted by atomic mass is 79.9. The molecule has 0 radical (unpaired) electrons. The van der Waals surface area contributed by atoms with E-state index in [1.165, 1.54) is 11.3 Å². The van der Waals surface area contributed by atoms with Crippen LogP contribution in [0.15, 0.2) is 33.1 Å². The summed E-state index contributed by atoms with van der Waals surface area (Å²) < 4.78 is 1.64. The molecular weight excluding hydrogens is 358 g/mol. The van der Waals surface area contributed by atoms with E-state index < -0.39 is 0 Å². The van der Waals surface area contributed by atoms with Crippen molar-refractivity contribution in [3.8, 4) is 0 Å². The molecule has 1 aromatic heterocycles. The summed E-state index contributed by atoms with van der Waals surface area (Å²) >= 11 is 6.42. The molecule has 106 valence electrons. The highest BCUT2D eigenvalue weighted by Gasteiger charge is 2.12. The van der Waals surface area contributed by atoms with Gasteiger partial charge in [0.2, 0.25) is 5.13 Å². The third-order valence-electron chi connectivity index (χ3n) is 2.29. The van der Waals surface area contributed by atoms with Crippen LogP contribution in [0.3, 0.4) is 0 Å². The minimum Gasteiger partial charge on any atom is -0.296 e. The minimum atomic E-state index is -0.186. The normalized spacial score (nSPS) is 10.8. The first kappa shape index (κ1) is 15.5. The van der Waals surface area contributed by atoms with Crippen LogP contribution in [-0.4, -0.2) is 21.9 Å². The maximum Gasteiger partial charge on any atom is 0.258 e. The fourth-order valence-corrected chi connectivity index (χ4v) is 3.55. The van der Waals surface area contributed by atoms with Crippen molar-refractivity contribution < 1.29 is 4.79 Å². The SMILES string of the molecule is CC(C)CSc1nnc(NC(=O)c2ccccc2Br)s1. The third kappa shape index (κ3) is 4.29. The van der Waals surface area contributed by atoms with Gasteiger partial charge in [-0.15, -0.1) is 10.2 Å². The van der Waals surface area contributed by atoms with Crippen molar-refractivity contribution in [2.75, 3.05) is 11.1 Å². The van der Waals surface area contributed by atoms with Gasteiger partial charge in [0.15, 0.2) is 4.34 Å². The van der Waals surface area contributed by atoms with Crippen molar-refractivity contribution in [3.05, 3.63) is 34.3 Å². The van der Waals surface area contributed by atoms with Crippen LogP contribution in [0.1, 0.15) is 24.2 Å². The number of thioether (sulfide) groups is 1. The van der Waals surface area contributed by atoms with Gasteiger partial charge in [0.1, 0.15) is 0 Å². The third-order valence-corrected chi connectivity index (χ3v) is 5.38. The lowest BCUT2D eigenvalue weighted by Gasteiger charge is -2.02. The smallest absolute Gasteiger partial charge is 0.258 e. The average molecular weight is 372 g/mol. The summed E-state index contributed by atoms with van der Waals surface area (Å²) in [5.41, 5.74) is 0.582. The van der Waals surface area contributed by atoms with Crippen molar-refractivity contribution in [2.45, 2.75) is 18.2 Å². The Morgan fingerprint density at radius 1 is 1.40 bits per heavy atom. The quantitative estimate of drug-likeness (QED) is 0.628. The molecule has 0 spiro atoms. The maximum atomic E-state index is 12.1. The number of halogens is 1. The Morgan fingerprint density at radius 2 is 2.15 bits per heavy atom. The van der Waals surface area contributed by atoms with Gasteiger partial charge >= 0.3 is 0 Å². The van der Waals surface area contributed by atoms with Gasteiger partial charge in [-0.25, -0.2) is 0 Å². The van der Waals surface area contributed by atoms with E-state index in [2.05, 4.69) is 45.3 Å². The van der Waals surface area contributed by atoms with Gasteiger partial charge in [-0.2, -0.15) is 0 Å². The van der Waals surface area contributed by atoms with E-state index >= 15 is 0 Å². The second-order valence-corrected chi connectivity index (χ2v) is 7.61. The molecule has 1 aromatic carbocycles. The van der Waals surface area contributed by atoms with Crippen LogP contribution >= 0.6 is 39.0 Å². The summed E-state index contributed by atoms with van der Waals surface area (Å²) in [6, 6.07) is 7.28. The molecule has 1 heterocycles. The van der Waals surface area contributed by atoms with Crippen LogP contribution in [0, 0.1) is 5.92 Å². The van der Waals surface area contributed by atoms with E-state index in [9.17, 15) is 4.79 Å². The van der Waals surface area contributed by atoms with Gasteiger partial charge in [-0.1, -0.05) is 49.1 Å². The van der Waals surface area contributed by atoms with Crippen molar-refractivity contribution in [3.63, 3.8) is 0 Å². The average Bonchev–Trinajstić information content (AvgIpc) is 2.84. The molecule has 0 aliphatic heterocycles. The summed E-state index contributed by atoms with van der Waals surface area (Å²) in [7, 11) is 0. The molecule has 0 unspecified atom stereocenters. The summed E-state index contributed by atoms with van der Waals surface area (Å²) in [6.45, 7) is 4.31. The number of rotatable bonds is 5. The Hall–Kier alpha value is -0.920. The molecule has 20 heavy (non-hydrogen) atoms. The Bertz CT molecular complexity index is 601. The molecule has 7 heteroatoms. The van der Waals surface area contributed by atoms with Gasteiger partial charge in [-0.3, -0.25) is 10.1 Å². The highest BCUT2D eigenvalue weighted by molar-refractivity contribution is 9.10. The standard InChI is InChI=1S/C13H14BrN3OS2/c1-8(2)7-19-13-17-16-12(20-13)15-11(18)9-5-3-4-6-10(9)14/h3-6,8H,7H2,1-2H3,(H,15,16,18). The van der Waals surface area contributed by atoms with E-state index in [0.29, 0.717) is 16.6 Å². The zero-order chi connectivity index (χ0) is 14.5. The number of nitrogens with one attached hydrogen (secondary N) is 1. The van der Waals surface area contributed by atoms with E-state index in [0.717, 1.165) is 14.6 Å². The van der Waals surface area contributed by atoms with Crippen LogP contribution in [0.4, 0.5) is 5.13 Å². The van der Waals surface area contributed by atoms with Crippen molar-refractivity contribution in [1.29, 1.82) is 0 Å². The molecule has 4 nitrogen and oxygen atoms in total. The maximum absolute atomic E-state index is 12.1. The fourth-order valence-electron chi connectivity index (χ4n) is 1.37. The Labute approximate surface area is 134 Å². The second-order valence-electron chi connectivity index (χ2n) is 4.51. The van der Waals surface area contributed by atoms with Crippen LogP contribution in [-0.2, 0) is 0 Å². The van der Waals surface area contributed by atoms with E-state index in [1.807, 2.05) is 18.2 Å². The molecule has 0 atom stereocenters. The van der Waals surface area contributed by atoms with Gasteiger partial charge in [-0.05, 0) is 34.0 Å². The topological polar surface area (TPSA) is 54.9 Å². The van der Waals surface area contributed by atoms with Crippen molar-refractivity contribution >= 4 is 50.1 Å². The van der Waals surface area contributed by atoms with Gasteiger partial charge in [0.25, 0.3) is 5.91 Å². The lowest BCUT2D eigenvalue weighted by molar-refractivity contribution is 0.102. The minimum absolute atomic E-state index is 0.186. The summed E-state index contributed by atoms with van der Waals surface area (Å²) in [5, 5.41) is 11.3. The number of hydrogen-bond donors (Lipinski definition) is 1. The predicted molar refractivity (Wildman–Crippen MR) is 87.6 cm³/mol. The zero-order valence-electron chi connectivity index (χ0n) is 11.1. The van der Waals surface area contributed by atoms with E-state index in [-0.39, 0.29) is 5.91 Å². The fraction of sp³-hybridized carbons (Fsp3) is 0.308. The zero-order valence-corrected chi connectivity index (χ0v) is 14.3. The van der Waals surface area contributed by atoms with Gasteiger partial charge < -0.3 is 0 Å². The van der Waals surface area contributed by atoms with Crippen molar-refractivity contribution in [2.24, 2.45) is 5.92 Å². The van der Waals surface area contributed by atoms with Crippen LogP contribution in [0.2, 0.25) is 0 Å². The monoisotopic (exact) mass is 371 g/mol. The van der Waals surface area contributed by atoms with Gasteiger partial charge in [0, 0.05) is 10.2 Å². The summed E-state index contributed by atoms with van der Waals surface area (Å²) in [5.74, 6) is 1.41. The number of amides is 1. The van der Waals surface area contributed by atoms with E-state index in [4.69, 9.17) is 0 Å². The molecule has 0 saturated heterocycles. The molecular formula is C13H14BrN3OS2. The number of carbonyl (C=O) groups is 1. The largest absolute Gasteiger partial charge is 0.296 e. The molecule has 2 aromatic rings. The number of aromatic nitrogens is 2. The van der Waals surface area contributed by atoms with Crippen LogP contribution < -0.4 is 5.32 Å². The number of hydrogen-bond acceptors (Lipinski definition) is 5. The molecule has 1 amide bonds. The van der Waals surface area contributed by atoms with Crippen LogP contribution in [0.25, 0.3) is 0 Å². The van der Waals surface area contributed by atoms with Crippen LogP contribution in [0.5, 0.6) is 0 Å². The molecule has 1 N–H and O–H groups in total. The molecule has 0 aliphatic carbocycles. The first-order valence-electron chi connectivity index (χ1n) is 6.08. The lowest BCUT2D eigenvalue weighted by Crippen LogP contribution is -2.12. The highest BCUT2D eigenvalue weighted by Crippen LogP contribution is 2.27. The lowest BCUT2D eigenvalue weighted by atomic mass is 10.2. The summed E-state index contributed by atoms with van der Waals surface area (Å²) in [4.78, 5) is 12.1. The Balaban J connectivity index is 2.00. The second kappa shape index (κ2) is 7.19. The molecule has 0 aliphatic rings. The predicted octanol–water partition coefficient (Wildman–Crippen LogP) is 4.30. The van der Waals surface area contributed by atoms with Crippen molar-refractivity contribution in [1.82, 2.24) is 10.2 Å². The number of anilines is 1. The molecule has 2 rings (SSSR count). The number of carbonyl (C=O) groups excluding carboxylic acids is 1. The first-order valence-corrected chi connectivity index (χ1v) is 8.68. The molecule has 0 bridgehead atoms. The molecule has 0 saturated carbocycles. The molecule has 0 fully saturated rings. The Morgan fingerprint density at radius 3 is 2.85 bits per heavy atom. The summed E-state index contributed by atoms with van der Waals surface area (Å²) in [6.07, 6.45) is 0. The number of benzene rings is 1. The first-order chi connectivity index (χ1) is 9.56. The van der Waals surface area contributed by atoms with Gasteiger partial charge in [0.05, 0.1) is 5.56 Å². The Kier molecular flexibility index (Phi) is 5.56. The number of nitrogens with zero attached hydrogens (tertiary/aromatic N) is 2.